The number of hydrogen-bond donors (Lipinski definition) is 1. The van der Waals surface area contributed by atoms with Gasteiger partial charge < -0.3 is 10.1 Å². The molecule has 1 atom stereocenters. The Balaban J connectivity index is 1.71. The lowest BCUT2D eigenvalue weighted by Gasteiger charge is -2.17. The number of ether oxygens (including phenoxy) is 1. The van der Waals surface area contributed by atoms with Gasteiger partial charge >= 0.3 is 0 Å². The van der Waals surface area contributed by atoms with Crippen molar-refractivity contribution < 1.29 is 9.53 Å². The predicted octanol–water partition coefficient (Wildman–Crippen LogP) is 7.57. The van der Waals surface area contributed by atoms with Crippen molar-refractivity contribution in [1.29, 1.82) is 0 Å². The number of amides is 1. The number of carbonyl (C=O) groups excluding carboxylic acids is 1. The van der Waals surface area contributed by atoms with E-state index >= 15 is 0 Å². The van der Waals surface area contributed by atoms with Crippen LogP contribution in [0.5, 0.6) is 5.75 Å². The van der Waals surface area contributed by atoms with Crippen molar-refractivity contribution in [2.45, 2.75) is 38.6 Å². The smallest absolute Gasteiger partial charge is 0.234 e. The summed E-state index contributed by atoms with van der Waals surface area (Å²) in [5, 5.41) is 13.5. The molecule has 0 aliphatic heterocycles. The third kappa shape index (κ3) is 6.40. The molecule has 3 rings (SSSR count). The van der Waals surface area contributed by atoms with Crippen molar-refractivity contribution in [3.63, 3.8) is 0 Å². The Morgan fingerprint density at radius 2 is 1.76 bits per heavy atom. The number of nitrogens with zero attached hydrogens (tertiary/aromatic N) is 3. The van der Waals surface area contributed by atoms with Crippen LogP contribution in [-0.4, -0.2) is 26.4 Å². The fraction of sp³-hybridized carbons (Fsp3) is 0.261. The molecule has 0 aliphatic rings. The molecule has 0 saturated heterocycles. The van der Waals surface area contributed by atoms with E-state index in [1.54, 1.807) is 6.08 Å². The molecule has 0 bridgehead atoms. The average Bonchev–Trinajstić information content (AvgIpc) is 3.17. The summed E-state index contributed by atoms with van der Waals surface area (Å²) in [6.45, 7) is 10.0. The molecule has 0 aliphatic carbocycles. The van der Waals surface area contributed by atoms with Gasteiger partial charge in [-0.15, -0.1) is 16.8 Å². The number of allylic oxidation sites excluding steroid dienone is 1. The number of rotatable bonds is 9. The van der Waals surface area contributed by atoms with Crippen LogP contribution < -0.4 is 10.1 Å². The number of halogens is 4. The third-order valence-corrected chi connectivity index (χ3v) is 7.36. The summed E-state index contributed by atoms with van der Waals surface area (Å²) in [7, 11) is 0. The molecule has 34 heavy (non-hydrogen) atoms. The van der Waals surface area contributed by atoms with Crippen molar-refractivity contribution in [2.75, 3.05) is 11.1 Å². The summed E-state index contributed by atoms with van der Waals surface area (Å²) < 4.78 is 7.97. The van der Waals surface area contributed by atoms with Crippen LogP contribution in [0.1, 0.15) is 30.0 Å². The molecule has 1 amide bonds. The van der Waals surface area contributed by atoms with Crippen LogP contribution in [0, 0.1) is 13.8 Å². The van der Waals surface area contributed by atoms with Gasteiger partial charge in [-0.3, -0.25) is 9.36 Å². The van der Waals surface area contributed by atoms with Crippen molar-refractivity contribution in [3.05, 3.63) is 74.0 Å². The van der Waals surface area contributed by atoms with Gasteiger partial charge in [-0.2, -0.15) is 0 Å². The normalized spacial score (nSPS) is 11.9. The van der Waals surface area contributed by atoms with E-state index in [9.17, 15) is 4.79 Å². The van der Waals surface area contributed by atoms with Crippen LogP contribution in [-0.2, 0) is 11.3 Å². The van der Waals surface area contributed by atoms with Crippen LogP contribution in [0.15, 0.2) is 42.1 Å². The van der Waals surface area contributed by atoms with Gasteiger partial charge in [0.25, 0.3) is 0 Å². The van der Waals surface area contributed by atoms with Gasteiger partial charge in [0.1, 0.15) is 5.75 Å². The second-order valence-electron chi connectivity index (χ2n) is 7.45. The van der Waals surface area contributed by atoms with Gasteiger partial charge in [0.15, 0.2) is 17.1 Å². The van der Waals surface area contributed by atoms with E-state index in [0.717, 1.165) is 11.1 Å². The molecule has 0 radical (unpaired) electrons. The maximum atomic E-state index is 12.5. The Bertz CT molecular complexity index is 1210. The molecule has 0 fully saturated rings. The van der Waals surface area contributed by atoms with Crippen LogP contribution in [0.25, 0.3) is 0 Å². The Labute approximate surface area is 222 Å². The quantitative estimate of drug-likeness (QED) is 0.166. The van der Waals surface area contributed by atoms with Gasteiger partial charge in [-0.1, -0.05) is 64.2 Å². The average molecular weight is 560 g/mol. The van der Waals surface area contributed by atoms with Gasteiger partial charge in [0.05, 0.1) is 26.5 Å². The zero-order valence-corrected chi connectivity index (χ0v) is 22.5. The fourth-order valence-corrected chi connectivity index (χ4v) is 4.63. The molecule has 1 aromatic heterocycles. The minimum Gasteiger partial charge on any atom is -0.483 e. The van der Waals surface area contributed by atoms with Crippen molar-refractivity contribution in [2.24, 2.45) is 0 Å². The molecular weight excluding hydrogens is 538 g/mol. The lowest BCUT2D eigenvalue weighted by molar-refractivity contribution is -0.113. The molecule has 1 N–H and O–H groups in total. The Morgan fingerprint density at radius 3 is 2.41 bits per heavy atom. The minimum atomic E-state index is -0.398. The summed E-state index contributed by atoms with van der Waals surface area (Å²) >= 11 is 25.6. The molecular formula is C23H22Cl4N4O2S. The lowest BCUT2D eigenvalue weighted by Crippen LogP contribution is -2.16. The first-order chi connectivity index (χ1) is 16.1. The summed E-state index contributed by atoms with van der Waals surface area (Å²) in [4.78, 5) is 12.5. The molecule has 0 saturated carbocycles. The number of nitrogens with one attached hydrogen (secondary N) is 1. The maximum Gasteiger partial charge on any atom is 0.234 e. The second kappa shape index (κ2) is 11.7. The minimum absolute atomic E-state index is 0.0800. The molecule has 2 aromatic carbocycles. The number of aryl methyl sites for hydroxylation is 2. The summed E-state index contributed by atoms with van der Waals surface area (Å²) in [6, 6.07) is 6.75. The van der Waals surface area contributed by atoms with Crippen LogP contribution in [0.4, 0.5) is 5.69 Å². The number of aromatic nitrogens is 3. The number of carbonyl (C=O) groups is 1. The second-order valence-corrected chi connectivity index (χ2v) is 10.00. The van der Waals surface area contributed by atoms with E-state index in [1.807, 2.05) is 37.5 Å². The predicted molar refractivity (Wildman–Crippen MR) is 141 cm³/mol. The van der Waals surface area contributed by atoms with E-state index in [4.69, 9.17) is 51.1 Å². The summed E-state index contributed by atoms with van der Waals surface area (Å²) in [5.74, 6) is 1.10. The fourth-order valence-electron chi connectivity index (χ4n) is 3.17. The lowest BCUT2D eigenvalue weighted by atomic mass is 10.1. The molecule has 0 spiro atoms. The number of hydrogen-bond acceptors (Lipinski definition) is 5. The molecule has 11 heteroatoms. The van der Waals surface area contributed by atoms with Crippen molar-refractivity contribution in [3.8, 4) is 5.75 Å². The van der Waals surface area contributed by atoms with Crippen LogP contribution in [0.2, 0.25) is 20.1 Å². The Hall–Kier alpha value is -1.90. The third-order valence-electron chi connectivity index (χ3n) is 4.76. The van der Waals surface area contributed by atoms with Gasteiger partial charge in [-0.05, 0) is 56.2 Å². The van der Waals surface area contributed by atoms with E-state index in [1.165, 1.54) is 23.9 Å². The first kappa shape index (κ1) is 26.7. The molecule has 3 aromatic rings. The monoisotopic (exact) mass is 558 g/mol. The van der Waals surface area contributed by atoms with E-state index < -0.39 is 6.10 Å². The number of benzene rings is 2. The highest BCUT2D eigenvalue weighted by Crippen LogP contribution is 2.33. The summed E-state index contributed by atoms with van der Waals surface area (Å²) in [6.07, 6.45) is 1.33. The largest absolute Gasteiger partial charge is 0.483 e. The SMILES string of the molecule is C=CCn1c(SCC(=O)Nc2cc(Cl)c(Cl)cc2Cl)nnc1C(C)Oc1cc(C)c(Cl)c(C)c1. The maximum absolute atomic E-state index is 12.5. The van der Waals surface area contributed by atoms with Gasteiger partial charge in [0.2, 0.25) is 5.91 Å². The highest BCUT2D eigenvalue weighted by Gasteiger charge is 2.20. The zero-order valence-electron chi connectivity index (χ0n) is 18.7. The summed E-state index contributed by atoms with van der Waals surface area (Å²) in [5.41, 5.74) is 2.24. The zero-order chi connectivity index (χ0) is 25.0. The topological polar surface area (TPSA) is 69.0 Å². The van der Waals surface area contributed by atoms with E-state index in [0.29, 0.717) is 49.1 Å². The van der Waals surface area contributed by atoms with Crippen LogP contribution in [0.3, 0.4) is 0 Å². The first-order valence-electron chi connectivity index (χ1n) is 10.1. The number of thioether (sulfide) groups is 1. The van der Waals surface area contributed by atoms with E-state index in [-0.39, 0.29) is 11.7 Å². The molecule has 180 valence electrons. The van der Waals surface area contributed by atoms with Crippen molar-refractivity contribution in [1.82, 2.24) is 14.8 Å². The first-order valence-corrected chi connectivity index (χ1v) is 12.6. The molecule has 1 unspecified atom stereocenters. The molecule has 6 nitrogen and oxygen atoms in total. The van der Waals surface area contributed by atoms with Gasteiger partial charge in [-0.25, -0.2) is 0 Å². The van der Waals surface area contributed by atoms with E-state index in [2.05, 4.69) is 22.1 Å². The molecule has 1 heterocycles. The van der Waals surface area contributed by atoms with Crippen molar-refractivity contribution >= 4 is 69.8 Å². The van der Waals surface area contributed by atoms with Gasteiger partial charge in [0, 0.05) is 11.6 Å². The number of anilines is 1. The van der Waals surface area contributed by atoms with Crippen LogP contribution >= 0.6 is 58.2 Å². The highest BCUT2D eigenvalue weighted by atomic mass is 35.5. The Morgan fingerprint density at radius 1 is 1.12 bits per heavy atom. The highest BCUT2D eigenvalue weighted by molar-refractivity contribution is 7.99. The standard InChI is InChI=1S/C23H22Cl4N4O2S/c1-5-6-31-22(14(4)33-15-7-12(2)21(27)13(3)8-15)29-30-23(31)34-11-20(32)28-19-10-17(25)16(24)9-18(19)26/h5,7-10,14H,1,6,11H2,2-4H3,(H,28,32). The Kier molecular flexibility index (Phi) is 9.18.